The van der Waals surface area contributed by atoms with Crippen LogP contribution in [0.25, 0.3) is 0 Å². The number of nitrogens with zero attached hydrogens (tertiary/aromatic N) is 1. The number of ether oxygens (including phenoxy) is 2. The first-order valence-corrected chi connectivity index (χ1v) is 6.91. The number of likely N-dealkylation sites (N-methyl/N-ethyl adjacent to an activating group) is 1. The van der Waals surface area contributed by atoms with Gasteiger partial charge in [-0.2, -0.15) is 8.42 Å². The molecule has 1 aliphatic heterocycles. The summed E-state index contributed by atoms with van der Waals surface area (Å²) < 4.78 is 50.4. The lowest BCUT2D eigenvalue weighted by molar-refractivity contribution is -0.138. The van der Waals surface area contributed by atoms with Crippen molar-refractivity contribution in [2.75, 3.05) is 34.1 Å². The van der Waals surface area contributed by atoms with E-state index >= 15 is 0 Å². The van der Waals surface area contributed by atoms with E-state index in [4.69, 9.17) is 9.47 Å². The highest BCUT2D eigenvalue weighted by Gasteiger charge is 2.47. The van der Waals surface area contributed by atoms with E-state index in [2.05, 4.69) is 4.18 Å². The van der Waals surface area contributed by atoms with Gasteiger partial charge in [-0.1, -0.05) is 0 Å². The molecule has 8 heteroatoms. The molecule has 0 aromatic carbocycles. The molecule has 0 spiro atoms. The van der Waals surface area contributed by atoms with E-state index in [1.165, 1.54) is 7.11 Å². The average molecular weight is 271 g/mol. The van der Waals surface area contributed by atoms with E-state index in [0.29, 0.717) is 0 Å². The van der Waals surface area contributed by atoms with Crippen molar-refractivity contribution in [3.63, 3.8) is 0 Å². The molecular formula is C9H18FNO5S. The minimum absolute atomic E-state index is 0.343. The normalized spacial score (nSPS) is 34.5. The van der Waals surface area contributed by atoms with Crippen LogP contribution in [0.4, 0.5) is 4.39 Å². The fourth-order valence-electron chi connectivity index (χ4n) is 1.74. The van der Waals surface area contributed by atoms with E-state index in [0.717, 1.165) is 6.26 Å². The lowest BCUT2D eigenvalue weighted by Crippen LogP contribution is -2.43. The third-order valence-corrected chi connectivity index (χ3v) is 3.11. The first kappa shape index (κ1) is 14.8. The van der Waals surface area contributed by atoms with Gasteiger partial charge in [0.05, 0.1) is 18.9 Å². The number of halogens is 1. The highest BCUT2D eigenvalue weighted by atomic mass is 32.2. The molecule has 0 bridgehead atoms. The van der Waals surface area contributed by atoms with Crippen LogP contribution in [0.5, 0.6) is 0 Å². The molecule has 17 heavy (non-hydrogen) atoms. The smallest absolute Gasteiger partial charge is 0.264 e. The monoisotopic (exact) mass is 271 g/mol. The standard InChI is InChI=1S/C9H18FNO5S/c1-11(2)8-7(10)6(16-9(8)14-3)5-15-17(4,12)13/h6-9H,5H2,1-4H3/t6-,7-,8+,9+/m1/s1. The molecule has 1 saturated heterocycles. The summed E-state index contributed by atoms with van der Waals surface area (Å²) in [4.78, 5) is 1.64. The van der Waals surface area contributed by atoms with Crippen molar-refractivity contribution in [1.82, 2.24) is 4.90 Å². The van der Waals surface area contributed by atoms with Crippen molar-refractivity contribution < 1.29 is 26.5 Å². The van der Waals surface area contributed by atoms with Crippen LogP contribution in [-0.4, -0.2) is 72.0 Å². The van der Waals surface area contributed by atoms with Gasteiger partial charge in [0, 0.05) is 7.11 Å². The lowest BCUT2D eigenvalue weighted by atomic mass is 10.1. The zero-order valence-electron chi connectivity index (χ0n) is 10.3. The Balaban J connectivity index is 2.65. The minimum Gasteiger partial charge on any atom is -0.354 e. The van der Waals surface area contributed by atoms with Gasteiger partial charge in [-0.25, -0.2) is 4.39 Å². The van der Waals surface area contributed by atoms with Gasteiger partial charge >= 0.3 is 0 Å². The number of rotatable bonds is 5. The maximum Gasteiger partial charge on any atom is 0.264 e. The fourth-order valence-corrected chi connectivity index (χ4v) is 2.12. The molecule has 0 N–H and O–H groups in total. The second-order valence-electron chi connectivity index (χ2n) is 4.17. The molecule has 0 unspecified atom stereocenters. The summed E-state index contributed by atoms with van der Waals surface area (Å²) in [7, 11) is 1.21. The van der Waals surface area contributed by atoms with E-state index in [9.17, 15) is 12.8 Å². The van der Waals surface area contributed by atoms with Gasteiger partial charge in [-0.05, 0) is 14.1 Å². The summed E-state index contributed by atoms with van der Waals surface area (Å²) in [6.07, 6.45) is -2.13. The Morgan fingerprint density at radius 2 is 2.00 bits per heavy atom. The molecule has 0 aliphatic carbocycles. The molecule has 1 fully saturated rings. The topological polar surface area (TPSA) is 65.1 Å². The Morgan fingerprint density at radius 1 is 1.41 bits per heavy atom. The van der Waals surface area contributed by atoms with Crippen LogP contribution >= 0.6 is 0 Å². The quantitative estimate of drug-likeness (QED) is 0.634. The summed E-state index contributed by atoms with van der Waals surface area (Å²) in [6.45, 7) is -0.343. The van der Waals surface area contributed by atoms with Crippen molar-refractivity contribution >= 4 is 10.1 Å². The summed E-state index contributed by atoms with van der Waals surface area (Å²) in [5.74, 6) is 0. The maximum atomic E-state index is 14.0. The van der Waals surface area contributed by atoms with Crippen molar-refractivity contribution in [2.45, 2.75) is 24.6 Å². The van der Waals surface area contributed by atoms with Gasteiger partial charge in [0.2, 0.25) is 0 Å². The van der Waals surface area contributed by atoms with Crippen molar-refractivity contribution in [3.05, 3.63) is 0 Å². The van der Waals surface area contributed by atoms with Crippen LogP contribution < -0.4 is 0 Å². The molecule has 0 saturated carbocycles. The zero-order chi connectivity index (χ0) is 13.2. The van der Waals surface area contributed by atoms with Crippen LogP contribution in [-0.2, 0) is 23.8 Å². The predicted molar refractivity (Wildman–Crippen MR) is 58.8 cm³/mol. The Kier molecular flexibility index (Phi) is 4.85. The molecule has 0 aromatic rings. The Hall–Kier alpha value is -0.280. The van der Waals surface area contributed by atoms with E-state index in [1.54, 1.807) is 19.0 Å². The molecule has 0 radical (unpaired) electrons. The summed E-state index contributed by atoms with van der Waals surface area (Å²) in [5.41, 5.74) is 0. The largest absolute Gasteiger partial charge is 0.354 e. The van der Waals surface area contributed by atoms with Gasteiger partial charge in [0.1, 0.15) is 12.3 Å². The maximum absolute atomic E-state index is 14.0. The second kappa shape index (κ2) is 5.57. The molecule has 6 nitrogen and oxygen atoms in total. The third kappa shape index (κ3) is 3.85. The summed E-state index contributed by atoms with van der Waals surface area (Å²) in [6, 6.07) is -0.576. The minimum atomic E-state index is -3.60. The number of alkyl halides is 1. The van der Waals surface area contributed by atoms with Crippen molar-refractivity contribution in [1.29, 1.82) is 0 Å². The highest BCUT2D eigenvalue weighted by Crippen LogP contribution is 2.27. The van der Waals surface area contributed by atoms with Crippen LogP contribution in [0.2, 0.25) is 0 Å². The lowest BCUT2D eigenvalue weighted by Gasteiger charge is -2.24. The number of methoxy groups -OCH3 is 1. The predicted octanol–water partition coefficient (Wildman–Crippen LogP) is -0.398. The van der Waals surface area contributed by atoms with Crippen LogP contribution in [0, 0.1) is 0 Å². The Bertz CT molecular complexity index is 347. The van der Waals surface area contributed by atoms with Crippen LogP contribution in [0.3, 0.4) is 0 Å². The molecule has 1 heterocycles. The van der Waals surface area contributed by atoms with E-state index in [-0.39, 0.29) is 6.61 Å². The van der Waals surface area contributed by atoms with Crippen molar-refractivity contribution in [3.8, 4) is 0 Å². The number of hydrogen-bond donors (Lipinski definition) is 0. The molecule has 0 amide bonds. The first-order valence-electron chi connectivity index (χ1n) is 5.09. The SMILES string of the molecule is CO[C@H]1O[C@H](COS(C)(=O)=O)[C@@H](F)[C@@H]1N(C)C. The summed E-state index contributed by atoms with van der Waals surface area (Å²) in [5, 5.41) is 0. The molecule has 4 atom stereocenters. The van der Waals surface area contributed by atoms with Gasteiger partial charge in [-0.15, -0.1) is 0 Å². The first-order chi connectivity index (χ1) is 7.76. The zero-order valence-corrected chi connectivity index (χ0v) is 11.1. The fraction of sp³-hybridized carbons (Fsp3) is 1.00. The average Bonchev–Trinajstić information content (AvgIpc) is 2.51. The molecule has 102 valence electrons. The van der Waals surface area contributed by atoms with Crippen LogP contribution in [0.15, 0.2) is 0 Å². The molecule has 1 aliphatic rings. The van der Waals surface area contributed by atoms with Gasteiger partial charge in [0.25, 0.3) is 10.1 Å². The van der Waals surface area contributed by atoms with Crippen LogP contribution in [0.1, 0.15) is 0 Å². The van der Waals surface area contributed by atoms with Gasteiger partial charge in [0.15, 0.2) is 6.29 Å². The Morgan fingerprint density at radius 3 is 2.35 bits per heavy atom. The van der Waals surface area contributed by atoms with Gasteiger partial charge < -0.3 is 9.47 Å². The van der Waals surface area contributed by atoms with E-state index < -0.39 is 34.7 Å². The highest BCUT2D eigenvalue weighted by molar-refractivity contribution is 7.85. The molecular weight excluding hydrogens is 253 g/mol. The molecule has 0 aromatic heterocycles. The van der Waals surface area contributed by atoms with Gasteiger partial charge in [-0.3, -0.25) is 9.08 Å². The second-order valence-corrected chi connectivity index (χ2v) is 5.81. The van der Waals surface area contributed by atoms with E-state index in [1.807, 2.05) is 0 Å². The number of hydrogen-bond acceptors (Lipinski definition) is 6. The Labute approximate surface area is 101 Å². The summed E-state index contributed by atoms with van der Waals surface area (Å²) >= 11 is 0. The third-order valence-electron chi connectivity index (χ3n) is 2.54. The molecule has 1 rings (SSSR count). The van der Waals surface area contributed by atoms with Crippen molar-refractivity contribution in [2.24, 2.45) is 0 Å².